The molecule has 1 aromatic heterocycles. The number of hydrogen-bond acceptors (Lipinski definition) is 9. The summed E-state index contributed by atoms with van der Waals surface area (Å²) < 4.78 is 25.4. The fourth-order valence-electron chi connectivity index (χ4n) is 7.39. The van der Waals surface area contributed by atoms with Gasteiger partial charge in [-0.3, -0.25) is 19.0 Å². The summed E-state index contributed by atoms with van der Waals surface area (Å²) in [6, 6.07) is 17.6. The number of likely N-dealkylation sites (tertiary alicyclic amines) is 1. The number of nitrogens with one attached hydrogen (secondary N) is 1. The number of hydrogen-bond donors (Lipinski definition) is 2. The van der Waals surface area contributed by atoms with Crippen LogP contribution in [0.25, 0.3) is 10.9 Å². The van der Waals surface area contributed by atoms with Gasteiger partial charge in [0, 0.05) is 62.3 Å². The van der Waals surface area contributed by atoms with Crippen molar-refractivity contribution in [1.82, 2.24) is 14.8 Å². The van der Waals surface area contributed by atoms with Crippen LogP contribution in [0.15, 0.2) is 72.6 Å². The quantitative estimate of drug-likeness (QED) is 0.261. The summed E-state index contributed by atoms with van der Waals surface area (Å²) in [4.78, 5) is 44.0. The third kappa shape index (κ3) is 7.09. The fraction of sp³-hybridized carbons (Fsp3) is 0.486. The molecule has 49 heavy (non-hydrogen) atoms. The Kier molecular flexibility index (Phi) is 11.0. The van der Waals surface area contributed by atoms with Gasteiger partial charge in [-0.05, 0) is 56.0 Å². The largest absolute Gasteiger partial charge is 0.459 e. The van der Waals surface area contributed by atoms with Gasteiger partial charge < -0.3 is 39.2 Å². The molecule has 3 aliphatic heterocycles. The summed E-state index contributed by atoms with van der Waals surface area (Å²) >= 11 is 0. The number of aliphatic hydroxyl groups is 1. The van der Waals surface area contributed by atoms with Crippen molar-refractivity contribution in [2.24, 2.45) is 5.92 Å². The van der Waals surface area contributed by atoms with Gasteiger partial charge in [0.25, 0.3) is 5.91 Å². The Balaban J connectivity index is 1.27. The Morgan fingerprint density at radius 1 is 1.00 bits per heavy atom. The number of nitrogens with zero attached hydrogens (tertiary/aromatic N) is 3. The highest BCUT2D eigenvalue weighted by Crippen LogP contribution is 2.43. The second kappa shape index (κ2) is 15.5. The van der Waals surface area contributed by atoms with Crippen molar-refractivity contribution in [2.75, 3.05) is 64.3 Å². The van der Waals surface area contributed by atoms with E-state index >= 15 is 0 Å². The van der Waals surface area contributed by atoms with Crippen LogP contribution in [0.5, 0.6) is 0 Å². The molecule has 0 unspecified atom stereocenters. The van der Waals surface area contributed by atoms with Gasteiger partial charge in [-0.1, -0.05) is 36.4 Å². The van der Waals surface area contributed by atoms with E-state index in [1.807, 2.05) is 73.8 Å². The van der Waals surface area contributed by atoms with Crippen molar-refractivity contribution in [1.29, 1.82) is 0 Å². The van der Waals surface area contributed by atoms with Crippen LogP contribution in [0.4, 0.5) is 5.69 Å². The minimum absolute atomic E-state index is 0.0139. The summed E-state index contributed by atoms with van der Waals surface area (Å²) in [5.74, 6) is -0.729. The van der Waals surface area contributed by atoms with E-state index in [4.69, 9.17) is 24.1 Å². The van der Waals surface area contributed by atoms with Crippen molar-refractivity contribution in [3.05, 3.63) is 78.2 Å². The van der Waals surface area contributed by atoms with Gasteiger partial charge in [-0.15, -0.1) is 0 Å². The molecule has 0 aliphatic carbocycles. The molecule has 3 aliphatic rings. The van der Waals surface area contributed by atoms with Crippen LogP contribution in [-0.4, -0.2) is 104 Å². The number of aliphatic hydroxyl groups excluding tert-OH is 1. The minimum Gasteiger partial charge on any atom is -0.459 e. The summed E-state index contributed by atoms with van der Waals surface area (Å²) in [5.41, 5.74) is 1.94. The first-order valence-electron chi connectivity index (χ1n) is 17.2. The maximum absolute atomic E-state index is 14.2. The molecule has 3 atom stereocenters. The van der Waals surface area contributed by atoms with Crippen LogP contribution in [0.3, 0.4) is 0 Å². The van der Waals surface area contributed by atoms with Crippen LogP contribution < -0.4 is 10.2 Å². The summed E-state index contributed by atoms with van der Waals surface area (Å²) in [6.45, 7) is 6.35. The number of piperidine rings is 1. The summed E-state index contributed by atoms with van der Waals surface area (Å²) in [7, 11) is 0. The Labute approximate surface area is 286 Å². The van der Waals surface area contributed by atoms with Gasteiger partial charge in [0.05, 0.1) is 38.6 Å². The monoisotopic (exact) mass is 674 g/mol. The van der Waals surface area contributed by atoms with Crippen LogP contribution in [0.1, 0.15) is 49.4 Å². The number of carbonyl (C=O) groups excluding carboxylic acids is 3. The molecular weight excluding hydrogens is 628 g/mol. The molecule has 1 spiro atoms. The molecule has 2 aromatic carbocycles. The predicted molar refractivity (Wildman–Crippen MR) is 183 cm³/mol. The Morgan fingerprint density at radius 3 is 2.43 bits per heavy atom. The van der Waals surface area contributed by atoms with Crippen molar-refractivity contribution in [3.63, 3.8) is 0 Å². The molecule has 0 radical (unpaired) electrons. The number of anilines is 1. The van der Waals surface area contributed by atoms with Crippen LogP contribution in [0, 0.1) is 5.92 Å². The highest BCUT2D eigenvalue weighted by molar-refractivity contribution is 5.96. The molecule has 3 aromatic rings. The molecule has 12 heteroatoms. The number of para-hydroxylation sites is 2. The zero-order valence-electron chi connectivity index (χ0n) is 28.2. The lowest BCUT2D eigenvalue weighted by Gasteiger charge is -2.44. The van der Waals surface area contributed by atoms with E-state index in [1.54, 1.807) is 9.47 Å². The van der Waals surface area contributed by atoms with Gasteiger partial charge in [0.1, 0.15) is 5.54 Å². The average Bonchev–Trinajstić information content (AvgIpc) is 3.66. The van der Waals surface area contributed by atoms with Gasteiger partial charge in [-0.2, -0.15) is 0 Å². The van der Waals surface area contributed by atoms with E-state index in [2.05, 4.69) is 10.2 Å². The third-order valence-electron chi connectivity index (χ3n) is 9.85. The average molecular weight is 675 g/mol. The highest BCUT2D eigenvalue weighted by atomic mass is 16.7. The first-order chi connectivity index (χ1) is 23.9. The lowest BCUT2D eigenvalue weighted by Crippen LogP contribution is -2.57. The second-order valence-electron chi connectivity index (χ2n) is 12.6. The highest BCUT2D eigenvalue weighted by Gasteiger charge is 2.51. The number of rotatable bonds is 13. The molecule has 2 saturated heterocycles. The van der Waals surface area contributed by atoms with Crippen molar-refractivity contribution >= 4 is 34.3 Å². The zero-order valence-corrected chi connectivity index (χ0v) is 28.2. The second-order valence-corrected chi connectivity index (χ2v) is 12.6. The Hall–Kier alpha value is -4.23. The molecule has 6 rings (SSSR count). The van der Waals surface area contributed by atoms with Crippen LogP contribution >= 0.6 is 0 Å². The first-order valence-corrected chi connectivity index (χ1v) is 17.2. The third-order valence-corrected chi connectivity index (χ3v) is 9.85. The number of allylic oxidation sites excluding steroid dienone is 1. The number of fused-ring (bicyclic) bond motifs is 1. The summed E-state index contributed by atoms with van der Waals surface area (Å²) in [5, 5.41) is 12.9. The van der Waals surface area contributed by atoms with E-state index in [0.717, 1.165) is 22.2 Å². The molecule has 0 bridgehead atoms. The molecule has 262 valence electrons. The fourth-order valence-corrected chi connectivity index (χ4v) is 7.39. The molecule has 4 heterocycles. The predicted octanol–water partition coefficient (Wildman–Crippen LogP) is 3.65. The van der Waals surface area contributed by atoms with E-state index in [-0.39, 0.29) is 48.5 Å². The number of ether oxygens (including phenoxy) is 4. The van der Waals surface area contributed by atoms with Gasteiger partial charge >= 0.3 is 0 Å². The van der Waals surface area contributed by atoms with E-state index in [9.17, 15) is 14.4 Å². The molecule has 2 N–H and O–H groups in total. The van der Waals surface area contributed by atoms with Crippen molar-refractivity contribution in [2.45, 2.75) is 50.9 Å². The Morgan fingerprint density at radius 2 is 1.71 bits per heavy atom. The van der Waals surface area contributed by atoms with E-state index < -0.39 is 11.8 Å². The maximum atomic E-state index is 14.2. The SMILES string of the molecule is CCO[C@H]1OC(C(=O)N2CCC3(CC2)C(=O)NCN3c2ccccc2)=C[C@@H](c2cn(C(C)=O)c3ccccc23)[C@@H]1CCOCCOCCO. The number of amides is 2. The van der Waals surface area contributed by atoms with Crippen molar-refractivity contribution < 1.29 is 38.4 Å². The van der Waals surface area contributed by atoms with Crippen LogP contribution in [0.2, 0.25) is 0 Å². The number of aromatic nitrogens is 1. The molecule has 0 saturated carbocycles. The molecule has 2 amide bonds. The normalized spacial score (nSPS) is 21.9. The molecule has 2 fully saturated rings. The topological polar surface area (TPSA) is 132 Å². The lowest BCUT2D eigenvalue weighted by atomic mass is 9.81. The standard InChI is InChI=1S/C37H46N4O8/c1-3-48-35-29(13-19-46-21-22-47-20-18-42)30(31-24-40(26(2)43)32-12-8-7-11-28(31)32)23-33(49-35)34(44)39-16-14-37(15-17-39)36(45)38-25-41(37)27-9-5-4-6-10-27/h4-12,23-24,29-30,35,42H,3,13-22,25H2,1-2H3,(H,38,45)/t29-,30+,35-/m0/s1. The number of carbonyl (C=O) groups is 3. The summed E-state index contributed by atoms with van der Waals surface area (Å²) in [6.07, 6.45) is 4.53. The van der Waals surface area contributed by atoms with Gasteiger partial charge in [0.2, 0.25) is 18.1 Å². The molecule has 12 nitrogen and oxygen atoms in total. The van der Waals surface area contributed by atoms with Gasteiger partial charge in [-0.25, -0.2) is 0 Å². The van der Waals surface area contributed by atoms with Gasteiger partial charge in [0.15, 0.2) is 5.76 Å². The smallest absolute Gasteiger partial charge is 0.288 e. The zero-order chi connectivity index (χ0) is 34.4. The van der Waals surface area contributed by atoms with E-state index in [1.165, 1.54) is 6.92 Å². The maximum Gasteiger partial charge on any atom is 0.288 e. The minimum atomic E-state index is -0.738. The van der Waals surface area contributed by atoms with Crippen LogP contribution in [-0.2, 0) is 28.5 Å². The first kappa shape index (κ1) is 34.6. The number of benzene rings is 2. The van der Waals surface area contributed by atoms with E-state index in [0.29, 0.717) is 65.4 Å². The Bertz CT molecular complexity index is 1650. The van der Waals surface area contributed by atoms with Crippen molar-refractivity contribution in [3.8, 4) is 0 Å². The molecular formula is C37H46N4O8. The lowest BCUT2D eigenvalue weighted by molar-refractivity contribution is -0.172.